The van der Waals surface area contributed by atoms with Crippen molar-refractivity contribution in [1.82, 2.24) is 15.2 Å². The molecule has 0 aliphatic carbocycles. The van der Waals surface area contributed by atoms with E-state index >= 15 is 0 Å². The Morgan fingerprint density at radius 2 is 2.21 bits per heavy atom. The summed E-state index contributed by atoms with van der Waals surface area (Å²) in [6.45, 7) is 4.55. The first-order chi connectivity index (χ1) is 11.3. The number of aromatic nitrogens is 1. The second kappa shape index (κ2) is 10.0. The Bertz CT molecular complexity index is 509. The third-order valence-corrected chi connectivity index (χ3v) is 4.47. The predicted octanol–water partition coefficient (Wildman–Crippen LogP) is 2.15. The topological polar surface area (TPSA) is 59.0 Å². The lowest BCUT2D eigenvalue weighted by molar-refractivity contribution is 0.0674. The molecule has 1 aromatic rings. The standard InChI is InChI=1S/C17H26N4O2.HI/c1-18-17(20-12-14-6-10-22-11-7-14)21-9-5-15(13-21)23-16-4-2-3-8-19-16;/h2-4,8,14-15H,5-7,9-13H2,1H3,(H,18,20);1H. The minimum Gasteiger partial charge on any atom is -0.472 e. The number of nitrogens with zero attached hydrogens (tertiary/aromatic N) is 3. The van der Waals surface area contributed by atoms with Gasteiger partial charge in [-0.25, -0.2) is 4.98 Å². The van der Waals surface area contributed by atoms with Crippen LogP contribution in [0.2, 0.25) is 0 Å². The number of aliphatic imine (C=N–C) groups is 1. The van der Waals surface area contributed by atoms with Crippen molar-refractivity contribution in [3.8, 4) is 5.88 Å². The zero-order valence-electron chi connectivity index (χ0n) is 14.2. The zero-order chi connectivity index (χ0) is 15.9. The summed E-state index contributed by atoms with van der Waals surface area (Å²) in [5.74, 6) is 2.36. The molecule has 0 bridgehead atoms. The number of guanidine groups is 1. The summed E-state index contributed by atoms with van der Waals surface area (Å²) in [6, 6.07) is 5.75. The van der Waals surface area contributed by atoms with Gasteiger partial charge in [-0.1, -0.05) is 6.07 Å². The molecule has 0 aromatic carbocycles. The fraction of sp³-hybridized carbons (Fsp3) is 0.647. The van der Waals surface area contributed by atoms with Gasteiger partial charge in [0.1, 0.15) is 6.10 Å². The van der Waals surface area contributed by atoms with Gasteiger partial charge in [-0.15, -0.1) is 24.0 Å². The van der Waals surface area contributed by atoms with Crippen molar-refractivity contribution >= 4 is 29.9 Å². The van der Waals surface area contributed by atoms with E-state index in [9.17, 15) is 0 Å². The number of ether oxygens (including phenoxy) is 2. The van der Waals surface area contributed by atoms with E-state index in [1.807, 2.05) is 25.2 Å². The van der Waals surface area contributed by atoms with Crippen molar-refractivity contribution in [2.45, 2.75) is 25.4 Å². The average Bonchev–Trinajstić information content (AvgIpc) is 3.06. The van der Waals surface area contributed by atoms with Gasteiger partial charge in [0.05, 0.1) is 6.54 Å². The highest BCUT2D eigenvalue weighted by Gasteiger charge is 2.27. The largest absolute Gasteiger partial charge is 0.472 e. The summed E-state index contributed by atoms with van der Waals surface area (Å²) in [5.41, 5.74) is 0. The number of rotatable bonds is 4. The number of nitrogens with one attached hydrogen (secondary N) is 1. The van der Waals surface area contributed by atoms with E-state index in [-0.39, 0.29) is 30.1 Å². The Balaban J connectivity index is 0.00000208. The van der Waals surface area contributed by atoms with Gasteiger partial charge in [0.2, 0.25) is 5.88 Å². The van der Waals surface area contributed by atoms with Crippen molar-refractivity contribution < 1.29 is 9.47 Å². The second-order valence-corrected chi connectivity index (χ2v) is 6.13. The lowest BCUT2D eigenvalue weighted by Crippen LogP contribution is -2.43. The molecule has 2 saturated heterocycles. The molecule has 1 N–H and O–H groups in total. The molecule has 2 fully saturated rings. The second-order valence-electron chi connectivity index (χ2n) is 6.13. The van der Waals surface area contributed by atoms with Crippen LogP contribution < -0.4 is 10.1 Å². The van der Waals surface area contributed by atoms with E-state index in [4.69, 9.17) is 9.47 Å². The summed E-state index contributed by atoms with van der Waals surface area (Å²) < 4.78 is 11.4. The molecular formula is C17H27IN4O2. The van der Waals surface area contributed by atoms with Gasteiger partial charge in [0.15, 0.2) is 5.96 Å². The number of likely N-dealkylation sites (tertiary alicyclic amines) is 1. The quantitative estimate of drug-likeness (QED) is 0.437. The van der Waals surface area contributed by atoms with Crippen molar-refractivity contribution in [1.29, 1.82) is 0 Å². The minimum atomic E-state index is 0. The van der Waals surface area contributed by atoms with Gasteiger partial charge < -0.3 is 19.7 Å². The lowest BCUT2D eigenvalue weighted by atomic mass is 10.0. The van der Waals surface area contributed by atoms with Crippen molar-refractivity contribution in [2.75, 3.05) is 39.9 Å². The van der Waals surface area contributed by atoms with Gasteiger partial charge in [0, 0.05) is 52.0 Å². The zero-order valence-corrected chi connectivity index (χ0v) is 16.5. The van der Waals surface area contributed by atoms with Gasteiger partial charge in [0.25, 0.3) is 0 Å². The molecule has 0 amide bonds. The predicted molar refractivity (Wildman–Crippen MR) is 105 cm³/mol. The van der Waals surface area contributed by atoms with Crippen LogP contribution in [0.15, 0.2) is 29.4 Å². The van der Waals surface area contributed by atoms with Crippen LogP contribution in [-0.2, 0) is 4.74 Å². The number of hydrogen-bond donors (Lipinski definition) is 1. The first kappa shape index (κ1) is 19.2. The molecule has 2 aliphatic rings. The average molecular weight is 446 g/mol. The highest BCUT2D eigenvalue weighted by Crippen LogP contribution is 2.17. The maximum atomic E-state index is 5.94. The summed E-state index contributed by atoms with van der Waals surface area (Å²) in [4.78, 5) is 10.9. The summed E-state index contributed by atoms with van der Waals surface area (Å²) in [7, 11) is 1.85. The molecule has 7 heteroatoms. The Morgan fingerprint density at radius 3 is 2.92 bits per heavy atom. The molecule has 0 saturated carbocycles. The normalized spacial score (nSPS) is 22.1. The van der Waals surface area contributed by atoms with Crippen LogP contribution in [0.5, 0.6) is 5.88 Å². The Morgan fingerprint density at radius 1 is 1.38 bits per heavy atom. The van der Waals surface area contributed by atoms with E-state index in [0.717, 1.165) is 58.1 Å². The highest BCUT2D eigenvalue weighted by atomic mass is 127. The Kier molecular flexibility index (Phi) is 8.04. The van der Waals surface area contributed by atoms with E-state index < -0.39 is 0 Å². The molecule has 3 rings (SSSR count). The molecule has 6 nitrogen and oxygen atoms in total. The molecule has 3 heterocycles. The van der Waals surface area contributed by atoms with Gasteiger partial charge in [-0.3, -0.25) is 4.99 Å². The fourth-order valence-electron chi connectivity index (χ4n) is 3.12. The molecular weight excluding hydrogens is 419 g/mol. The molecule has 24 heavy (non-hydrogen) atoms. The molecule has 1 aromatic heterocycles. The van der Waals surface area contributed by atoms with Crippen LogP contribution in [0.1, 0.15) is 19.3 Å². The first-order valence-electron chi connectivity index (χ1n) is 8.46. The Labute approximate surface area is 161 Å². The van der Waals surface area contributed by atoms with Crippen LogP contribution in [0.4, 0.5) is 0 Å². The van der Waals surface area contributed by atoms with Crippen molar-refractivity contribution in [3.63, 3.8) is 0 Å². The molecule has 0 spiro atoms. The van der Waals surface area contributed by atoms with Gasteiger partial charge in [-0.2, -0.15) is 0 Å². The molecule has 134 valence electrons. The van der Waals surface area contributed by atoms with Crippen LogP contribution >= 0.6 is 24.0 Å². The van der Waals surface area contributed by atoms with Crippen LogP contribution in [-0.4, -0.2) is 61.8 Å². The molecule has 1 unspecified atom stereocenters. The third-order valence-electron chi connectivity index (χ3n) is 4.47. The first-order valence-corrected chi connectivity index (χ1v) is 8.46. The SMILES string of the molecule is CN=C(NCC1CCOCC1)N1CCC(Oc2ccccn2)C1.I. The number of hydrogen-bond acceptors (Lipinski definition) is 4. The minimum absolute atomic E-state index is 0. The van der Waals surface area contributed by atoms with Crippen LogP contribution in [0, 0.1) is 5.92 Å². The summed E-state index contributed by atoms with van der Waals surface area (Å²) in [5, 5.41) is 3.51. The molecule has 1 atom stereocenters. The van der Waals surface area contributed by atoms with E-state index in [0.29, 0.717) is 11.8 Å². The van der Waals surface area contributed by atoms with E-state index in [1.165, 1.54) is 0 Å². The summed E-state index contributed by atoms with van der Waals surface area (Å²) in [6.07, 6.45) is 5.20. The fourth-order valence-corrected chi connectivity index (χ4v) is 3.12. The van der Waals surface area contributed by atoms with E-state index in [2.05, 4.69) is 20.2 Å². The smallest absolute Gasteiger partial charge is 0.213 e. The van der Waals surface area contributed by atoms with Crippen molar-refractivity contribution in [3.05, 3.63) is 24.4 Å². The Hall–Kier alpha value is -1.09. The van der Waals surface area contributed by atoms with Gasteiger partial charge >= 0.3 is 0 Å². The third kappa shape index (κ3) is 5.47. The number of halogens is 1. The van der Waals surface area contributed by atoms with E-state index in [1.54, 1.807) is 6.20 Å². The monoisotopic (exact) mass is 446 g/mol. The van der Waals surface area contributed by atoms with Gasteiger partial charge in [-0.05, 0) is 24.8 Å². The molecule has 2 aliphatic heterocycles. The lowest BCUT2D eigenvalue weighted by Gasteiger charge is -2.26. The molecule has 0 radical (unpaired) electrons. The maximum Gasteiger partial charge on any atom is 0.213 e. The maximum absolute atomic E-state index is 5.94. The highest BCUT2D eigenvalue weighted by molar-refractivity contribution is 14.0. The number of pyridine rings is 1. The van der Waals surface area contributed by atoms with Crippen LogP contribution in [0.3, 0.4) is 0 Å². The summed E-state index contributed by atoms with van der Waals surface area (Å²) >= 11 is 0. The van der Waals surface area contributed by atoms with Crippen molar-refractivity contribution in [2.24, 2.45) is 10.9 Å². The van der Waals surface area contributed by atoms with Crippen LogP contribution in [0.25, 0.3) is 0 Å².